The summed E-state index contributed by atoms with van der Waals surface area (Å²) in [5, 5.41) is 18.4. The lowest BCUT2D eigenvalue weighted by molar-refractivity contribution is -0.125. The number of aliphatic hydroxyl groups is 1. The van der Waals surface area contributed by atoms with Gasteiger partial charge in [-0.2, -0.15) is 0 Å². The molecule has 1 atom stereocenters. The van der Waals surface area contributed by atoms with Crippen molar-refractivity contribution in [2.75, 3.05) is 6.61 Å². The van der Waals surface area contributed by atoms with Crippen molar-refractivity contribution >= 4 is 17.7 Å². The molecule has 1 unspecified atom stereocenters. The van der Waals surface area contributed by atoms with Crippen LogP contribution in [0.5, 0.6) is 0 Å². The van der Waals surface area contributed by atoms with Crippen molar-refractivity contribution in [1.29, 1.82) is 0 Å². The molecule has 6 heteroatoms. The molecule has 1 rings (SSSR count). The van der Waals surface area contributed by atoms with Crippen molar-refractivity contribution in [1.82, 2.24) is 0 Å². The number of Topliss-reactive ketones (excluding diaryl/α,β-unsaturated/α-hetero) is 1. The van der Waals surface area contributed by atoms with Crippen LogP contribution in [-0.2, 0) is 9.53 Å². The van der Waals surface area contributed by atoms with Gasteiger partial charge < -0.3 is 14.9 Å². The first-order valence-corrected chi connectivity index (χ1v) is 5.71. The number of ketones is 1. The lowest BCUT2D eigenvalue weighted by Gasteiger charge is -2.11. The summed E-state index contributed by atoms with van der Waals surface area (Å²) in [6.45, 7) is 4.24. The van der Waals surface area contributed by atoms with E-state index in [9.17, 15) is 19.5 Å². The van der Waals surface area contributed by atoms with E-state index in [4.69, 9.17) is 9.84 Å². The first-order chi connectivity index (χ1) is 9.34. The van der Waals surface area contributed by atoms with Crippen LogP contribution in [0.3, 0.4) is 0 Å². The van der Waals surface area contributed by atoms with Crippen molar-refractivity contribution in [3.63, 3.8) is 0 Å². The van der Waals surface area contributed by atoms with Crippen LogP contribution in [0, 0.1) is 0 Å². The van der Waals surface area contributed by atoms with Gasteiger partial charge in [-0.05, 0) is 24.6 Å². The summed E-state index contributed by atoms with van der Waals surface area (Å²) >= 11 is 0. The molecular weight excluding hydrogens is 264 g/mol. The van der Waals surface area contributed by atoms with Gasteiger partial charge in [0, 0.05) is 0 Å². The summed E-state index contributed by atoms with van der Waals surface area (Å²) in [6.07, 6.45) is -1.51. The largest absolute Gasteiger partial charge is 0.478 e. The number of hydrogen-bond donors (Lipinski definition) is 2. The molecule has 20 heavy (non-hydrogen) atoms. The number of hydrogen-bond acceptors (Lipinski definition) is 5. The monoisotopic (exact) mass is 278 g/mol. The number of ether oxygens (including phenoxy) is 1. The van der Waals surface area contributed by atoms with Crippen molar-refractivity contribution < 1.29 is 29.3 Å². The Labute approximate surface area is 115 Å². The molecule has 0 saturated heterocycles. The van der Waals surface area contributed by atoms with Gasteiger partial charge in [0.2, 0.25) is 0 Å². The highest BCUT2D eigenvalue weighted by Crippen LogP contribution is 2.11. The second-order valence-electron chi connectivity index (χ2n) is 4.11. The molecule has 0 aliphatic rings. The number of carboxylic acid groups (broad SMARTS) is 1. The van der Waals surface area contributed by atoms with Crippen LogP contribution >= 0.6 is 0 Å². The summed E-state index contributed by atoms with van der Waals surface area (Å²) in [6, 6.07) is 5.51. The topological polar surface area (TPSA) is 101 Å². The summed E-state index contributed by atoms with van der Waals surface area (Å²) in [7, 11) is 0. The van der Waals surface area contributed by atoms with Crippen LogP contribution in [0.25, 0.3) is 0 Å². The molecule has 0 spiro atoms. The molecule has 0 bridgehead atoms. The average Bonchev–Trinajstić information content (AvgIpc) is 2.43. The molecule has 6 nitrogen and oxygen atoms in total. The van der Waals surface area contributed by atoms with Crippen LogP contribution in [0.2, 0.25) is 0 Å². The molecule has 0 aliphatic carbocycles. The fourth-order valence-electron chi connectivity index (χ4n) is 1.44. The number of aromatic carboxylic acids is 1. The molecular formula is C14H14O6. The highest BCUT2D eigenvalue weighted by molar-refractivity contribution is 6.02. The molecule has 0 aliphatic heterocycles. The third-order valence-corrected chi connectivity index (χ3v) is 2.47. The van der Waals surface area contributed by atoms with Crippen molar-refractivity contribution in [3.8, 4) is 0 Å². The highest BCUT2D eigenvalue weighted by Gasteiger charge is 2.21. The third kappa shape index (κ3) is 3.76. The van der Waals surface area contributed by atoms with Gasteiger partial charge in [0.15, 0.2) is 11.9 Å². The zero-order valence-electron chi connectivity index (χ0n) is 10.8. The van der Waals surface area contributed by atoms with E-state index in [-0.39, 0.29) is 16.7 Å². The smallest absolute Gasteiger partial charge is 0.339 e. The first-order valence-electron chi connectivity index (χ1n) is 5.71. The summed E-state index contributed by atoms with van der Waals surface area (Å²) in [5.41, 5.74) is -0.215. The summed E-state index contributed by atoms with van der Waals surface area (Å²) in [4.78, 5) is 34.0. The van der Waals surface area contributed by atoms with Crippen LogP contribution < -0.4 is 0 Å². The fraction of sp³-hybridized carbons (Fsp3) is 0.214. The second kappa shape index (κ2) is 6.63. The number of carboxylic acids is 1. The molecule has 0 radical (unpaired) electrons. The van der Waals surface area contributed by atoms with E-state index in [2.05, 4.69) is 6.58 Å². The maximum Gasteiger partial charge on any atom is 0.339 e. The normalized spacial score (nSPS) is 11.5. The molecule has 0 fully saturated rings. The van der Waals surface area contributed by atoms with Crippen LogP contribution in [0.4, 0.5) is 0 Å². The minimum Gasteiger partial charge on any atom is -0.478 e. The Balaban J connectivity index is 2.76. The lowest BCUT2D eigenvalue weighted by Crippen LogP contribution is -2.28. The zero-order valence-corrected chi connectivity index (χ0v) is 10.8. The Hall–Kier alpha value is -2.47. The Morgan fingerprint density at radius 1 is 1.25 bits per heavy atom. The Morgan fingerprint density at radius 2 is 1.80 bits per heavy atom. The highest BCUT2D eigenvalue weighted by atomic mass is 16.5. The minimum atomic E-state index is -1.51. The third-order valence-electron chi connectivity index (χ3n) is 2.47. The van der Waals surface area contributed by atoms with E-state index < -0.39 is 30.4 Å². The van der Waals surface area contributed by atoms with Gasteiger partial charge in [0.05, 0.1) is 11.1 Å². The Morgan fingerprint density at radius 3 is 2.30 bits per heavy atom. The standard InChI is InChI=1S/C14H14O6/c1-8(2)12(16)11(15)7-20-14(19)10-6-4-3-5-9(10)13(17)18/h3-6,11,15H,1,7H2,2H3,(H,17,18). The second-order valence-corrected chi connectivity index (χ2v) is 4.11. The van der Waals surface area contributed by atoms with Gasteiger partial charge >= 0.3 is 11.9 Å². The van der Waals surface area contributed by atoms with Gasteiger partial charge in [0.1, 0.15) is 6.61 Å². The molecule has 2 N–H and O–H groups in total. The number of esters is 1. The van der Waals surface area contributed by atoms with Crippen LogP contribution in [0.15, 0.2) is 36.4 Å². The van der Waals surface area contributed by atoms with Gasteiger partial charge in [-0.1, -0.05) is 18.7 Å². The van der Waals surface area contributed by atoms with E-state index in [0.717, 1.165) is 0 Å². The van der Waals surface area contributed by atoms with Crippen LogP contribution in [-0.4, -0.2) is 40.6 Å². The number of benzene rings is 1. The SMILES string of the molecule is C=C(C)C(=O)C(O)COC(=O)c1ccccc1C(=O)O. The Kier molecular flexibility index (Phi) is 5.16. The van der Waals surface area contributed by atoms with E-state index in [0.29, 0.717) is 0 Å². The molecule has 0 heterocycles. The number of carbonyl (C=O) groups excluding carboxylic acids is 2. The van der Waals surface area contributed by atoms with Crippen molar-refractivity contribution in [2.45, 2.75) is 13.0 Å². The average molecular weight is 278 g/mol. The molecule has 106 valence electrons. The quantitative estimate of drug-likeness (QED) is 0.595. The predicted molar refractivity (Wildman–Crippen MR) is 69.5 cm³/mol. The zero-order chi connectivity index (χ0) is 15.3. The molecule has 0 saturated carbocycles. The van der Waals surface area contributed by atoms with Gasteiger partial charge in [-0.25, -0.2) is 9.59 Å². The Bertz CT molecular complexity index is 561. The fourth-order valence-corrected chi connectivity index (χ4v) is 1.44. The van der Waals surface area contributed by atoms with E-state index in [1.165, 1.54) is 31.2 Å². The molecule has 0 aromatic heterocycles. The van der Waals surface area contributed by atoms with Crippen molar-refractivity contribution in [3.05, 3.63) is 47.5 Å². The molecule has 0 amide bonds. The summed E-state index contributed by atoms with van der Waals surface area (Å²) < 4.78 is 4.74. The number of carbonyl (C=O) groups is 3. The molecule has 1 aromatic carbocycles. The van der Waals surface area contributed by atoms with E-state index in [1.54, 1.807) is 0 Å². The number of aliphatic hydroxyl groups excluding tert-OH is 1. The maximum absolute atomic E-state index is 11.7. The predicted octanol–water partition coefficient (Wildman–Crippen LogP) is 1.05. The minimum absolute atomic E-state index is 0.138. The summed E-state index contributed by atoms with van der Waals surface area (Å²) in [5.74, 6) is -2.82. The van der Waals surface area contributed by atoms with Crippen molar-refractivity contribution in [2.24, 2.45) is 0 Å². The maximum atomic E-state index is 11.7. The molecule has 1 aromatic rings. The van der Waals surface area contributed by atoms with Gasteiger partial charge in [-0.3, -0.25) is 4.79 Å². The van der Waals surface area contributed by atoms with Gasteiger partial charge in [-0.15, -0.1) is 0 Å². The first kappa shape index (κ1) is 15.6. The lowest BCUT2D eigenvalue weighted by atomic mass is 10.1. The van der Waals surface area contributed by atoms with E-state index >= 15 is 0 Å². The van der Waals surface area contributed by atoms with Gasteiger partial charge in [0.25, 0.3) is 0 Å². The number of rotatable bonds is 6. The van der Waals surface area contributed by atoms with Crippen LogP contribution in [0.1, 0.15) is 27.6 Å². The van der Waals surface area contributed by atoms with E-state index in [1.807, 2.05) is 0 Å².